The van der Waals surface area contributed by atoms with E-state index in [2.05, 4.69) is 22.9 Å². The summed E-state index contributed by atoms with van der Waals surface area (Å²) in [6.45, 7) is 4.33. The highest BCUT2D eigenvalue weighted by molar-refractivity contribution is 6.31. The first-order valence-corrected chi connectivity index (χ1v) is 7.56. The molecule has 0 aliphatic carbocycles. The number of hydrogen-bond donors (Lipinski definition) is 1. The van der Waals surface area contributed by atoms with Crippen molar-refractivity contribution in [3.63, 3.8) is 0 Å². The lowest BCUT2D eigenvalue weighted by molar-refractivity contribution is 0.386. The van der Waals surface area contributed by atoms with Crippen LogP contribution in [0.25, 0.3) is 11.0 Å². The maximum atomic E-state index is 6.08. The van der Waals surface area contributed by atoms with E-state index in [1.54, 1.807) is 0 Å². The summed E-state index contributed by atoms with van der Waals surface area (Å²) < 4.78 is 2.36. The van der Waals surface area contributed by atoms with Gasteiger partial charge in [0.15, 0.2) is 0 Å². The van der Waals surface area contributed by atoms with Gasteiger partial charge in [-0.3, -0.25) is 0 Å². The first kappa shape index (κ1) is 12.9. The van der Waals surface area contributed by atoms with Gasteiger partial charge >= 0.3 is 0 Å². The summed E-state index contributed by atoms with van der Waals surface area (Å²) >= 11 is 6.08. The van der Waals surface area contributed by atoms with Crippen LogP contribution >= 0.6 is 11.6 Å². The van der Waals surface area contributed by atoms with Crippen molar-refractivity contribution >= 4 is 22.6 Å². The predicted molar refractivity (Wildman–Crippen MR) is 79.6 cm³/mol. The van der Waals surface area contributed by atoms with Crippen LogP contribution in [0.1, 0.15) is 44.5 Å². The Morgan fingerprint density at radius 3 is 3.05 bits per heavy atom. The van der Waals surface area contributed by atoms with Gasteiger partial charge < -0.3 is 9.88 Å². The Hall–Kier alpha value is -1.06. The molecule has 1 fully saturated rings. The number of aromatic nitrogens is 2. The molecule has 1 atom stereocenters. The maximum Gasteiger partial charge on any atom is 0.127 e. The number of benzene rings is 1. The van der Waals surface area contributed by atoms with Crippen LogP contribution in [0.4, 0.5) is 0 Å². The van der Waals surface area contributed by atoms with Crippen LogP contribution in [0.15, 0.2) is 18.2 Å². The Bertz CT molecular complexity index is 570. The second-order valence-corrected chi connectivity index (χ2v) is 5.69. The van der Waals surface area contributed by atoms with Crippen molar-refractivity contribution in [2.24, 2.45) is 0 Å². The molecule has 1 aromatic carbocycles. The fourth-order valence-corrected chi connectivity index (χ4v) is 3.08. The molecule has 2 aromatic rings. The Kier molecular flexibility index (Phi) is 3.76. The number of hydrogen-bond acceptors (Lipinski definition) is 2. The lowest BCUT2D eigenvalue weighted by atomic mass is 10.0. The molecule has 3 nitrogen and oxygen atoms in total. The van der Waals surface area contributed by atoms with Crippen LogP contribution < -0.4 is 5.32 Å². The molecule has 1 N–H and O–H groups in total. The van der Waals surface area contributed by atoms with Crippen molar-refractivity contribution in [1.29, 1.82) is 0 Å². The Labute approximate surface area is 119 Å². The number of nitrogens with one attached hydrogen (secondary N) is 1. The fraction of sp³-hybridized carbons (Fsp3) is 0.533. The predicted octanol–water partition coefficient (Wildman–Crippen LogP) is 3.91. The van der Waals surface area contributed by atoms with Crippen LogP contribution in [0.3, 0.4) is 0 Å². The molecule has 2 heterocycles. The van der Waals surface area contributed by atoms with Crippen LogP contribution in [-0.4, -0.2) is 16.1 Å². The normalized spacial score (nSPS) is 20.0. The van der Waals surface area contributed by atoms with Crippen molar-refractivity contribution in [2.45, 2.75) is 45.2 Å². The minimum atomic E-state index is 0.395. The number of aryl methyl sites for hydroxylation is 1. The van der Waals surface area contributed by atoms with Crippen molar-refractivity contribution in [3.05, 3.63) is 29.0 Å². The zero-order valence-electron chi connectivity index (χ0n) is 11.3. The summed E-state index contributed by atoms with van der Waals surface area (Å²) in [5.41, 5.74) is 2.22. The van der Waals surface area contributed by atoms with E-state index < -0.39 is 0 Å². The van der Waals surface area contributed by atoms with Crippen LogP contribution in [0.2, 0.25) is 5.02 Å². The summed E-state index contributed by atoms with van der Waals surface area (Å²) in [5, 5.41) is 4.35. The first-order valence-electron chi connectivity index (χ1n) is 7.18. The molecule has 1 aliphatic rings. The van der Waals surface area contributed by atoms with Crippen molar-refractivity contribution in [3.8, 4) is 0 Å². The molecule has 3 rings (SSSR count). The highest BCUT2D eigenvalue weighted by Gasteiger charge is 2.21. The molecule has 0 bridgehead atoms. The van der Waals surface area contributed by atoms with E-state index in [9.17, 15) is 0 Å². The third-order valence-electron chi connectivity index (χ3n) is 3.81. The van der Waals surface area contributed by atoms with Gasteiger partial charge in [-0.2, -0.15) is 0 Å². The SMILES string of the molecule is CCCn1c(C2CCCCN2)nc2cc(Cl)ccc21. The second-order valence-electron chi connectivity index (χ2n) is 5.26. The molecule has 0 amide bonds. The lowest BCUT2D eigenvalue weighted by Crippen LogP contribution is -2.29. The summed E-state index contributed by atoms with van der Waals surface area (Å²) in [4.78, 5) is 4.83. The average Bonchev–Trinajstić information content (AvgIpc) is 2.78. The van der Waals surface area contributed by atoms with Crippen molar-refractivity contribution < 1.29 is 0 Å². The quantitative estimate of drug-likeness (QED) is 0.922. The van der Waals surface area contributed by atoms with Gasteiger partial charge in [0.1, 0.15) is 5.82 Å². The smallest absolute Gasteiger partial charge is 0.127 e. The van der Waals surface area contributed by atoms with Gasteiger partial charge in [0, 0.05) is 11.6 Å². The van der Waals surface area contributed by atoms with E-state index in [1.165, 1.54) is 30.6 Å². The highest BCUT2D eigenvalue weighted by atomic mass is 35.5. The lowest BCUT2D eigenvalue weighted by Gasteiger charge is -2.23. The van der Waals surface area contributed by atoms with Gasteiger partial charge in [0.2, 0.25) is 0 Å². The minimum Gasteiger partial charge on any atom is -0.327 e. The van der Waals surface area contributed by atoms with Crippen molar-refractivity contribution in [2.75, 3.05) is 6.54 Å². The molecule has 0 spiro atoms. The van der Waals surface area contributed by atoms with Crippen molar-refractivity contribution in [1.82, 2.24) is 14.9 Å². The fourth-order valence-electron chi connectivity index (χ4n) is 2.92. The zero-order chi connectivity index (χ0) is 13.2. The number of fused-ring (bicyclic) bond motifs is 1. The number of halogens is 1. The Morgan fingerprint density at radius 1 is 1.42 bits per heavy atom. The largest absolute Gasteiger partial charge is 0.327 e. The molecular formula is C15H20ClN3. The highest BCUT2D eigenvalue weighted by Crippen LogP contribution is 2.28. The summed E-state index contributed by atoms with van der Waals surface area (Å²) in [5.74, 6) is 1.18. The molecule has 19 heavy (non-hydrogen) atoms. The number of piperidine rings is 1. The topological polar surface area (TPSA) is 29.9 Å². The van der Waals surface area contributed by atoms with E-state index in [-0.39, 0.29) is 0 Å². The molecule has 1 aromatic heterocycles. The standard InChI is InChI=1S/C15H20ClN3/c1-2-9-19-14-7-6-11(16)10-13(14)18-15(19)12-5-3-4-8-17-12/h6-7,10,12,17H,2-5,8-9H2,1H3. The minimum absolute atomic E-state index is 0.395. The van der Waals surface area contributed by atoms with Crippen LogP contribution in [0, 0.1) is 0 Å². The van der Waals surface area contributed by atoms with Gasteiger partial charge in [0.25, 0.3) is 0 Å². The summed E-state index contributed by atoms with van der Waals surface area (Å²) in [7, 11) is 0. The van der Waals surface area contributed by atoms with E-state index in [1.807, 2.05) is 12.1 Å². The third kappa shape index (κ3) is 2.49. The van der Waals surface area contributed by atoms with Gasteiger partial charge in [-0.15, -0.1) is 0 Å². The van der Waals surface area contributed by atoms with E-state index in [0.717, 1.165) is 30.0 Å². The van der Waals surface area contributed by atoms with Gasteiger partial charge in [-0.25, -0.2) is 4.98 Å². The molecule has 1 unspecified atom stereocenters. The molecule has 0 saturated carbocycles. The second kappa shape index (κ2) is 5.51. The molecule has 0 radical (unpaired) electrons. The van der Waals surface area contributed by atoms with Gasteiger partial charge in [-0.05, 0) is 44.0 Å². The Balaban J connectivity index is 2.08. The number of imidazole rings is 1. The number of nitrogens with zero attached hydrogens (tertiary/aromatic N) is 2. The van der Waals surface area contributed by atoms with E-state index in [4.69, 9.17) is 16.6 Å². The van der Waals surface area contributed by atoms with E-state index >= 15 is 0 Å². The molecule has 4 heteroatoms. The summed E-state index contributed by atoms with van der Waals surface area (Å²) in [6, 6.07) is 6.41. The first-order chi connectivity index (χ1) is 9.29. The van der Waals surface area contributed by atoms with Gasteiger partial charge in [0.05, 0.1) is 17.1 Å². The van der Waals surface area contributed by atoms with Crippen LogP contribution in [-0.2, 0) is 6.54 Å². The average molecular weight is 278 g/mol. The zero-order valence-corrected chi connectivity index (χ0v) is 12.1. The molecule has 102 valence electrons. The maximum absolute atomic E-state index is 6.08. The number of rotatable bonds is 3. The molecular weight excluding hydrogens is 258 g/mol. The third-order valence-corrected chi connectivity index (χ3v) is 4.04. The monoisotopic (exact) mass is 277 g/mol. The summed E-state index contributed by atoms with van der Waals surface area (Å²) in [6.07, 6.45) is 4.86. The van der Waals surface area contributed by atoms with E-state index in [0.29, 0.717) is 6.04 Å². The molecule has 1 saturated heterocycles. The van der Waals surface area contributed by atoms with Crippen LogP contribution in [0.5, 0.6) is 0 Å². The Morgan fingerprint density at radius 2 is 2.32 bits per heavy atom. The van der Waals surface area contributed by atoms with Gasteiger partial charge in [-0.1, -0.05) is 24.9 Å². The molecule has 1 aliphatic heterocycles.